The van der Waals surface area contributed by atoms with E-state index < -0.39 is 0 Å². The van der Waals surface area contributed by atoms with E-state index in [1.807, 2.05) is 0 Å². The van der Waals surface area contributed by atoms with E-state index in [1.165, 1.54) is 37.1 Å². The molecule has 2 atom stereocenters. The number of aliphatic imine (C=N–C) groups is 1. The molecule has 2 N–H and O–H groups in total. The van der Waals surface area contributed by atoms with E-state index in [0.717, 1.165) is 51.9 Å². The Kier molecular flexibility index (Phi) is 11.4. The first kappa shape index (κ1) is 25.4. The van der Waals surface area contributed by atoms with Gasteiger partial charge >= 0.3 is 0 Å². The lowest BCUT2D eigenvalue weighted by molar-refractivity contribution is 0.0220. The Hall–Kier alpha value is -0.900. The Morgan fingerprint density at radius 1 is 1.03 bits per heavy atom. The zero-order chi connectivity index (χ0) is 20.5. The normalized spacial score (nSPS) is 20.4. The molecule has 6 nitrogen and oxygen atoms in total. The number of aryl methyl sites for hydroxylation is 1. The van der Waals surface area contributed by atoms with Gasteiger partial charge in [0.05, 0.1) is 25.8 Å². The lowest BCUT2D eigenvalue weighted by atomic mass is 10.0. The van der Waals surface area contributed by atoms with Crippen LogP contribution in [0.5, 0.6) is 0 Å². The maximum Gasteiger partial charge on any atom is 0.191 e. The molecule has 0 saturated carbocycles. The minimum atomic E-state index is 0. The minimum absolute atomic E-state index is 0. The summed E-state index contributed by atoms with van der Waals surface area (Å²) < 4.78 is 5.47. The van der Waals surface area contributed by atoms with Gasteiger partial charge in [0.15, 0.2) is 5.96 Å². The fourth-order valence-electron chi connectivity index (χ4n) is 4.19. The standard InChI is InChI=1S/C23H39N5O.HI/c1-4-24-23(25-17-20(3)27-13-15-29-16-14-27)26-18-22(28-11-5-6-12-28)21-9-7-19(2)8-10-21;/h7-10,20,22H,4-6,11-18H2,1-3H3,(H2,24,25,26);1H. The number of nitrogens with zero attached hydrogens (tertiary/aromatic N) is 3. The number of ether oxygens (including phenoxy) is 1. The van der Waals surface area contributed by atoms with Crippen molar-refractivity contribution in [2.45, 2.75) is 45.7 Å². The Balaban J connectivity index is 0.00000320. The molecule has 2 fully saturated rings. The molecule has 0 amide bonds. The molecule has 7 heteroatoms. The van der Waals surface area contributed by atoms with E-state index in [2.05, 4.69) is 65.5 Å². The number of benzene rings is 1. The molecule has 30 heavy (non-hydrogen) atoms. The average Bonchev–Trinajstić information content (AvgIpc) is 3.28. The van der Waals surface area contributed by atoms with Crippen LogP contribution in [-0.4, -0.2) is 80.8 Å². The van der Waals surface area contributed by atoms with Crippen molar-refractivity contribution in [3.8, 4) is 0 Å². The van der Waals surface area contributed by atoms with Crippen LogP contribution in [0.25, 0.3) is 0 Å². The largest absolute Gasteiger partial charge is 0.379 e. The number of likely N-dealkylation sites (tertiary alicyclic amines) is 1. The van der Waals surface area contributed by atoms with Crippen LogP contribution in [0.2, 0.25) is 0 Å². The number of halogens is 1. The fourth-order valence-corrected chi connectivity index (χ4v) is 4.19. The molecule has 2 aliphatic rings. The van der Waals surface area contributed by atoms with Gasteiger partial charge in [-0.1, -0.05) is 29.8 Å². The third-order valence-corrected chi connectivity index (χ3v) is 6.03. The third-order valence-electron chi connectivity index (χ3n) is 6.03. The quantitative estimate of drug-likeness (QED) is 0.308. The van der Waals surface area contributed by atoms with Gasteiger partial charge in [-0.25, -0.2) is 0 Å². The van der Waals surface area contributed by atoms with Gasteiger partial charge in [0.1, 0.15) is 0 Å². The number of morpholine rings is 1. The molecule has 3 rings (SSSR count). The Morgan fingerprint density at radius 3 is 2.33 bits per heavy atom. The van der Waals surface area contributed by atoms with Crippen LogP contribution in [0.3, 0.4) is 0 Å². The number of guanidine groups is 1. The SMILES string of the molecule is CCNC(=NCC(C)N1CCOCC1)NCC(c1ccc(C)cc1)N1CCCC1.I. The highest BCUT2D eigenvalue weighted by Gasteiger charge is 2.24. The van der Waals surface area contributed by atoms with Crippen molar-refractivity contribution in [3.63, 3.8) is 0 Å². The predicted molar refractivity (Wildman–Crippen MR) is 136 cm³/mol. The van der Waals surface area contributed by atoms with Gasteiger partial charge in [-0.05, 0) is 52.3 Å². The maximum absolute atomic E-state index is 5.47. The molecule has 2 aliphatic heterocycles. The van der Waals surface area contributed by atoms with Crippen molar-refractivity contribution in [2.75, 3.05) is 59.0 Å². The van der Waals surface area contributed by atoms with Crippen LogP contribution in [0.1, 0.15) is 43.9 Å². The number of rotatable bonds is 8. The van der Waals surface area contributed by atoms with Crippen molar-refractivity contribution in [1.29, 1.82) is 0 Å². The highest BCUT2D eigenvalue weighted by atomic mass is 127. The van der Waals surface area contributed by atoms with E-state index in [9.17, 15) is 0 Å². The minimum Gasteiger partial charge on any atom is -0.379 e. The maximum atomic E-state index is 5.47. The summed E-state index contributed by atoms with van der Waals surface area (Å²) in [5.74, 6) is 0.920. The summed E-state index contributed by atoms with van der Waals surface area (Å²) in [4.78, 5) is 9.97. The molecule has 1 aromatic carbocycles. The second-order valence-electron chi connectivity index (χ2n) is 8.27. The molecule has 1 aromatic rings. The molecule has 170 valence electrons. The van der Waals surface area contributed by atoms with Gasteiger partial charge in [-0.2, -0.15) is 0 Å². The fraction of sp³-hybridized carbons (Fsp3) is 0.696. The second kappa shape index (κ2) is 13.5. The van der Waals surface area contributed by atoms with Crippen LogP contribution in [-0.2, 0) is 4.74 Å². The van der Waals surface area contributed by atoms with E-state index >= 15 is 0 Å². The summed E-state index contributed by atoms with van der Waals surface area (Å²) >= 11 is 0. The first-order valence-electron chi connectivity index (χ1n) is 11.3. The van der Waals surface area contributed by atoms with Gasteiger partial charge in [0.2, 0.25) is 0 Å². The van der Waals surface area contributed by atoms with Crippen molar-refractivity contribution in [3.05, 3.63) is 35.4 Å². The number of nitrogens with one attached hydrogen (secondary N) is 2. The highest BCUT2D eigenvalue weighted by molar-refractivity contribution is 14.0. The van der Waals surface area contributed by atoms with Gasteiger partial charge in [-0.15, -0.1) is 24.0 Å². The molecule has 0 radical (unpaired) electrons. The van der Waals surface area contributed by atoms with Crippen molar-refractivity contribution in [2.24, 2.45) is 4.99 Å². The molecular weight excluding hydrogens is 489 g/mol. The number of hydrogen-bond donors (Lipinski definition) is 2. The molecule has 0 bridgehead atoms. The van der Waals surface area contributed by atoms with Crippen molar-refractivity contribution in [1.82, 2.24) is 20.4 Å². The van der Waals surface area contributed by atoms with Crippen LogP contribution in [0.15, 0.2) is 29.3 Å². The van der Waals surface area contributed by atoms with E-state index in [4.69, 9.17) is 9.73 Å². The molecular formula is C23H40IN5O. The van der Waals surface area contributed by atoms with E-state index in [1.54, 1.807) is 0 Å². The monoisotopic (exact) mass is 529 g/mol. The zero-order valence-electron chi connectivity index (χ0n) is 18.9. The average molecular weight is 530 g/mol. The first-order chi connectivity index (χ1) is 14.2. The van der Waals surface area contributed by atoms with E-state index in [-0.39, 0.29) is 24.0 Å². The summed E-state index contributed by atoms with van der Waals surface area (Å²) in [5, 5.41) is 7.05. The Labute approximate surface area is 199 Å². The van der Waals surface area contributed by atoms with Crippen molar-refractivity contribution < 1.29 is 4.74 Å². The molecule has 2 heterocycles. The summed E-state index contributed by atoms with van der Waals surface area (Å²) in [6.45, 7) is 15.1. The van der Waals surface area contributed by atoms with Crippen LogP contribution >= 0.6 is 24.0 Å². The van der Waals surface area contributed by atoms with Crippen LogP contribution in [0.4, 0.5) is 0 Å². The summed E-state index contributed by atoms with van der Waals surface area (Å²) in [5.41, 5.74) is 2.71. The molecule has 2 saturated heterocycles. The van der Waals surface area contributed by atoms with E-state index in [0.29, 0.717) is 12.1 Å². The summed E-state index contributed by atoms with van der Waals surface area (Å²) in [6, 6.07) is 9.83. The first-order valence-corrected chi connectivity index (χ1v) is 11.3. The van der Waals surface area contributed by atoms with Crippen LogP contribution in [0, 0.1) is 6.92 Å². The molecule has 0 spiro atoms. The summed E-state index contributed by atoms with van der Waals surface area (Å²) in [7, 11) is 0. The summed E-state index contributed by atoms with van der Waals surface area (Å²) in [6.07, 6.45) is 2.60. The van der Waals surface area contributed by atoms with Gasteiger partial charge < -0.3 is 15.4 Å². The number of hydrogen-bond acceptors (Lipinski definition) is 4. The van der Waals surface area contributed by atoms with Gasteiger partial charge in [-0.3, -0.25) is 14.8 Å². The predicted octanol–water partition coefficient (Wildman–Crippen LogP) is 3.03. The smallest absolute Gasteiger partial charge is 0.191 e. The van der Waals surface area contributed by atoms with Gasteiger partial charge in [0.25, 0.3) is 0 Å². The Bertz CT molecular complexity index is 627. The lowest BCUT2D eigenvalue weighted by Crippen LogP contribution is -2.45. The molecule has 2 unspecified atom stereocenters. The highest BCUT2D eigenvalue weighted by Crippen LogP contribution is 2.24. The molecule has 0 aliphatic carbocycles. The van der Waals surface area contributed by atoms with Crippen molar-refractivity contribution >= 4 is 29.9 Å². The van der Waals surface area contributed by atoms with Crippen LogP contribution < -0.4 is 10.6 Å². The topological polar surface area (TPSA) is 52.1 Å². The second-order valence-corrected chi connectivity index (χ2v) is 8.27. The van der Waals surface area contributed by atoms with Gasteiger partial charge in [0, 0.05) is 32.2 Å². The lowest BCUT2D eigenvalue weighted by Gasteiger charge is -2.31. The third kappa shape index (κ3) is 7.66. The molecule has 0 aromatic heterocycles. The Morgan fingerprint density at radius 2 is 1.70 bits per heavy atom. The zero-order valence-corrected chi connectivity index (χ0v) is 21.2.